The Labute approximate surface area is 128 Å². The third-order valence-corrected chi connectivity index (χ3v) is 3.55. The van der Waals surface area contributed by atoms with Gasteiger partial charge >= 0.3 is 0 Å². The SMILES string of the molecule is Cl.NCC(=O)NCC(=O)NCC1(c2cccc(F)c2)CC1. The predicted octanol–water partition coefficient (Wildman–Crippen LogP) is 0.470. The Kier molecular flexibility index (Phi) is 6.11. The molecule has 0 atom stereocenters. The largest absolute Gasteiger partial charge is 0.354 e. The predicted molar refractivity (Wildman–Crippen MR) is 79.6 cm³/mol. The summed E-state index contributed by atoms with van der Waals surface area (Å²) < 4.78 is 13.2. The Morgan fingerprint density at radius 2 is 1.95 bits per heavy atom. The maximum absolute atomic E-state index is 13.2. The number of amides is 2. The molecule has 1 aromatic rings. The van der Waals surface area contributed by atoms with Gasteiger partial charge in [-0.05, 0) is 30.5 Å². The molecular weight excluding hydrogens is 297 g/mol. The van der Waals surface area contributed by atoms with Crippen LogP contribution in [0.4, 0.5) is 4.39 Å². The highest BCUT2D eigenvalue weighted by molar-refractivity contribution is 5.85. The maximum atomic E-state index is 13.2. The fraction of sp³-hybridized carbons (Fsp3) is 0.429. The number of benzene rings is 1. The van der Waals surface area contributed by atoms with Gasteiger partial charge in [0.05, 0.1) is 13.1 Å². The van der Waals surface area contributed by atoms with Crippen LogP contribution in [0.1, 0.15) is 18.4 Å². The molecule has 0 bridgehead atoms. The molecule has 0 aromatic heterocycles. The molecule has 4 N–H and O–H groups in total. The van der Waals surface area contributed by atoms with Crippen molar-refractivity contribution >= 4 is 24.2 Å². The average Bonchev–Trinajstić information content (AvgIpc) is 3.23. The summed E-state index contributed by atoms with van der Waals surface area (Å²) in [5.74, 6) is -0.906. The van der Waals surface area contributed by atoms with Gasteiger partial charge in [-0.2, -0.15) is 0 Å². The van der Waals surface area contributed by atoms with Gasteiger partial charge < -0.3 is 16.4 Å². The molecule has 0 saturated heterocycles. The van der Waals surface area contributed by atoms with Crippen molar-refractivity contribution in [1.29, 1.82) is 0 Å². The second kappa shape index (κ2) is 7.38. The Morgan fingerprint density at radius 3 is 2.52 bits per heavy atom. The van der Waals surface area contributed by atoms with Crippen molar-refractivity contribution in [2.75, 3.05) is 19.6 Å². The van der Waals surface area contributed by atoms with Crippen molar-refractivity contribution in [3.8, 4) is 0 Å². The van der Waals surface area contributed by atoms with Crippen LogP contribution in [0.3, 0.4) is 0 Å². The molecule has 1 aliphatic rings. The highest BCUT2D eigenvalue weighted by Crippen LogP contribution is 2.47. The van der Waals surface area contributed by atoms with Crippen molar-refractivity contribution in [3.05, 3.63) is 35.6 Å². The number of hydrogen-bond acceptors (Lipinski definition) is 3. The zero-order valence-electron chi connectivity index (χ0n) is 11.5. The van der Waals surface area contributed by atoms with Crippen LogP contribution in [0.5, 0.6) is 0 Å². The van der Waals surface area contributed by atoms with E-state index in [0.717, 1.165) is 18.4 Å². The van der Waals surface area contributed by atoms with Gasteiger partial charge in [-0.25, -0.2) is 4.39 Å². The highest BCUT2D eigenvalue weighted by Gasteiger charge is 2.44. The number of carbonyl (C=O) groups is 2. The standard InChI is InChI=1S/C14H18FN3O2.ClH/c15-11-3-1-2-10(6-11)14(4-5-14)9-18-13(20)8-17-12(19)7-16;/h1-3,6H,4-5,7-9,16H2,(H,17,19)(H,18,20);1H. The van der Waals surface area contributed by atoms with Gasteiger partial charge in [0.1, 0.15) is 5.82 Å². The molecule has 1 saturated carbocycles. The van der Waals surface area contributed by atoms with Crippen LogP contribution in [-0.2, 0) is 15.0 Å². The Hall–Kier alpha value is -1.66. The monoisotopic (exact) mass is 315 g/mol. The van der Waals surface area contributed by atoms with E-state index in [0.29, 0.717) is 6.54 Å². The van der Waals surface area contributed by atoms with Gasteiger partial charge in [0.15, 0.2) is 0 Å². The van der Waals surface area contributed by atoms with Crippen molar-refractivity contribution in [1.82, 2.24) is 10.6 Å². The van der Waals surface area contributed by atoms with Gasteiger partial charge in [0.2, 0.25) is 11.8 Å². The molecule has 2 amide bonds. The van der Waals surface area contributed by atoms with Crippen LogP contribution in [-0.4, -0.2) is 31.4 Å². The first-order chi connectivity index (χ1) is 9.55. The summed E-state index contributed by atoms with van der Waals surface area (Å²) in [6.07, 6.45) is 1.85. The number of halogens is 2. The summed E-state index contributed by atoms with van der Waals surface area (Å²) in [6, 6.07) is 6.46. The van der Waals surface area contributed by atoms with Gasteiger partial charge in [-0.3, -0.25) is 9.59 Å². The average molecular weight is 316 g/mol. The van der Waals surface area contributed by atoms with Crippen molar-refractivity contribution in [2.24, 2.45) is 5.73 Å². The first kappa shape index (κ1) is 17.4. The van der Waals surface area contributed by atoms with E-state index in [1.807, 2.05) is 6.07 Å². The normalized spacial score (nSPS) is 14.8. The second-order valence-electron chi connectivity index (χ2n) is 5.05. The second-order valence-corrected chi connectivity index (χ2v) is 5.05. The quantitative estimate of drug-likeness (QED) is 0.713. The summed E-state index contributed by atoms with van der Waals surface area (Å²) in [6.45, 7) is 0.226. The van der Waals surface area contributed by atoms with Crippen molar-refractivity contribution in [2.45, 2.75) is 18.3 Å². The minimum absolute atomic E-state index is 0. The number of hydrogen-bond donors (Lipinski definition) is 3. The summed E-state index contributed by atoms with van der Waals surface area (Å²) in [7, 11) is 0. The van der Waals surface area contributed by atoms with Crippen LogP contribution < -0.4 is 16.4 Å². The number of carbonyl (C=O) groups excluding carboxylic acids is 2. The van der Waals surface area contributed by atoms with Crippen molar-refractivity contribution in [3.63, 3.8) is 0 Å². The minimum atomic E-state index is -0.369. The van der Waals surface area contributed by atoms with Crippen LogP contribution >= 0.6 is 12.4 Å². The summed E-state index contributed by atoms with van der Waals surface area (Å²) in [5.41, 5.74) is 5.87. The first-order valence-electron chi connectivity index (χ1n) is 6.55. The van der Waals surface area contributed by atoms with Gasteiger partial charge in [-0.15, -0.1) is 12.4 Å². The lowest BCUT2D eigenvalue weighted by atomic mass is 9.96. The molecule has 0 heterocycles. The van der Waals surface area contributed by atoms with Gasteiger partial charge in [0, 0.05) is 12.0 Å². The molecule has 7 heteroatoms. The lowest BCUT2D eigenvalue weighted by Gasteiger charge is -2.16. The van der Waals surface area contributed by atoms with E-state index >= 15 is 0 Å². The molecule has 2 rings (SSSR count). The number of nitrogens with one attached hydrogen (secondary N) is 2. The van der Waals surface area contributed by atoms with Crippen LogP contribution in [0.2, 0.25) is 0 Å². The molecule has 0 unspecified atom stereocenters. The van der Waals surface area contributed by atoms with Crippen LogP contribution in [0, 0.1) is 5.82 Å². The van der Waals surface area contributed by atoms with E-state index in [4.69, 9.17) is 5.73 Å². The molecule has 1 aromatic carbocycles. The maximum Gasteiger partial charge on any atom is 0.239 e. The Morgan fingerprint density at radius 1 is 1.24 bits per heavy atom. The zero-order valence-corrected chi connectivity index (χ0v) is 12.3. The fourth-order valence-electron chi connectivity index (χ4n) is 2.12. The number of rotatable bonds is 6. The molecule has 116 valence electrons. The molecular formula is C14H19ClFN3O2. The van der Waals surface area contributed by atoms with Crippen LogP contribution in [0.15, 0.2) is 24.3 Å². The lowest BCUT2D eigenvalue weighted by Crippen LogP contribution is -2.41. The molecule has 1 fully saturated rings. The molecule has 1 aliphatic carbocycles. The molecule has 5 nitrogen and oxygen atoms in total. The summed E-state index contributed by atoms with van der Waals surface area (Å²) in [5, 5.41) is 5.17. The number of nitrogens with two attached hydrogens (primary N) is 1. The van der Waals surface area contributed by atoms with Crippen LogP contribution in [0.25, 0.3) is 0 Å². The summed E-state index contributed by atoms with van der Waals surface area (Å²) in [4.78, 5) is 22.5. The molecule has 0 aliphatic heterocycles. The Balaban J connectivity index is 0.00000220. The molecule has 21 heavy (non-hydrogen) atoms. The third-order valence-electron chi connectivity index (χ3n) is 3.55. The highest BCUT2D eigenvalue weighted by atomic mass is 35.5. The third kappa shape index (κ3) is 4.68. The lowest BCUT2D eigenvalue weighted by molar-refractivity contribution is -0.125. The topological polar surface area (TPSA) is 84.2 Å². The van der Waals surface area contributed by atoms with Crippen molar-refractivity contribution < 1.29 is 14.0 Å². The summed E-state index contributed by atoms with van der Waals surface area (Å²) >= 11 is 0. The van der Waals surface area contributed by atoms with E-state index in [9.17, 15) is 14.0 Å². The molecule has 0 radical (unpaired) electrons. The molecule has 0 spiro atoms. The fourth-order valence-corrected chi connectivity index (χ4v) is 2.12. The first-order valence-corrected chi connectivity index (χ1v) is 6.55. The van der Waals surface area contributed by atoms with E-state index in [1.54, 1.807) is 6.07 Å². The van der Waals surface area contributed by atoms with E-state index in [1.165, 1.54) is 12.1 Å². The smallest absolute Gasteiger partial charge is 0.239 e. The van der Waals surface area contributed by atoms with Gasteiger partial charge in [0.25, 0.3) is 0 Å². The van der Waals surface area contributed by atoms with E-state index in [2.05, 4.69) is 10.6 Å². The zero-order chi connectivity index (χ0) is 14.6. The van der Waals surface area contributed by atoms with Gasteiger partial charge in [-0.1, -0.05) is 12.1 Å². The van der Waals surface area contributed by atoms with E-state index in [-0.39, 0.29) is 48.5 Å². The Bertz CT molecular complexity index is 521. The minimum Gasteiger partial charge on any atom is -0.354 e. The van der Waals surface area contributed by atoms with E-state index < -0.39 is 0 Å².